The summed E-state index contributed by atoms with van der Waals surface area (Å²) in [5.74, 6) is 0.180. The zero-order valence-corrected chi connectivity index (χ0v) is 11.6. The van der Waals surface area contributed by atoms with Crippen molar-refractivity contribution in [2.75, 3.05) is 13.7 Å². The van der Waals surface area contributed by atoms with E-state index in [1.807, 2.05) is 18.7 Å². The van der Waals surface area contributed by atoms with Gasteiger partial charge in [0.1, 0.15) is 18.2 Å². The standard InChI is InChI=1S/C13H22N4O2/c1-3-19-12(18)13(14-2)7-4-5-11(13)6-8-17-10-15-9-16-17/h9-11,14H,3-8H2,1-2H3. The minimum absolute atomic E-state index is 0.112. The van der Waals surface area contributed by atoms with Crippen LogP contribution in [-0.2, 0) is 16.1 Å². The molecule has 2 atom stereocenters. The molecule has 6 heteroatoms. The van der Waals surface area contributed by atoms with Gasteiger partial charge < -0.3 is 10.1 Å². The van der Waals surface area contributed by atoms with Crippen molar-refractivity contribution in [1.82, 2.24) is 20.1 Å². The van der Waals surface area contributed by atoms with E-state index in [-0.39, 0.29) is 5.97 Å². The summed E-state index contributed by atoms with van der Waals surface area (Å²) in [5, 5.41) is 7.32. The largest absolute Gasteiger partial charge is 0.465 e. The smallest absolute Gasteiger partial charge is 0.326 e. The Morgan fingerprint density at radius 3 is 3.11 bits per heavy atom. The lowest BCUT2D eigenvalue weighted by Gasteiger charge is -2.32. The maximum atomic E-state index is 12.3. The first-order valence-electron chi connectivity index (χ1n) is 6.91. The van der Waals surface area contributed by atoms with Crippen LogP contribution in [-0.4, -0.2) is 39.9 Å². The average molecular weight is 266 g/mol. The van der Waals surface area contributed by atoms with E-state index in [9.17, 15) is 4.79 Å². The quantitative estimate of drug-likeness (QED) is 0.778. The monoisotopic (exact) mass is 266 g/mol. The van der Waals surface area contributed by atoms with Crippen molar-refractivity contribution in [1.29, 1.82) is 0 Å². The number of carbonyl (C=O) groups is 1. The van der Waals surface area contributed by atoms with E-state index < -0.39 is 5.54 Å². The Bertz CT molecular complexity index is 407. The van der Waals surface area contributed by atoms with Gasteiger partial charge in [-0.15, -0.1) is 0 Å². The van der Waals surface area contributed by atoms with Crippen LogP contribution in [0.3, 0.4) is 0 Å². The zero-order valence-electron chi connectivity index (χ0n) is 11.6. The van der Waals surface area contributed by atoms with Gasteiger partial charge in [-0.2, -0.15) is 5.10 Å². The Morgan fingerprint density at radius 2 is 2.47 bits per heavy atom. The van der Waals surface area contributed by atoms with Crippen LogP contribution in [0.15, 0.2) is 12.7 Å². The fraction of sp³-hybridized carbons (Fsp3) is 0.769. The molecule has 106 valence electrons. The van der Waals surface area contributed by atoms with Crippen molar-refractivity contribution >= 4 is 5.97 Å². The number of ether oxygens (including phenoxy) is 1. The van der Waals surface area contributed by atoms with Crippen LogP contribution in [0, 0.1) is 5.92 Å². The predicted octanol–water partition coefficient (Wildman–Crippen LogP) is 0.990. The lowest BCUT2D eigenvalue weighted by Crippen LogP contribution is -2.54. The number of nitrogens with zero attached hydrogens (tertiary/aromatic N) is 3. The second-order valence-electron chi connectivity index (χ2n) is 4.98. The molecule has 1 aliphatic rings. The lowest BCUT2D eigenvalue weighted by atomic mass is 9.84. The van der Waals surface area contributed by atoms with Crippen molar-refractivity contribution in [2.45, 2.75) is 44.7 Å². The maximum absolute atomic E-state index is 12.3. The molecular formula is C13H22N4O2. The third-order valence-corrected chi connectivity index (χ3v) is 4.08. The molecule has 1 aromatic rings. The number of nitrogens with one attached hydrogen (secondary N) is 1. The van der Waals surface area contributed by atoms with Gasteiger partial charge in [0.15, 0.2) is 0 Å². The van der Waals surface area contributed by atoms with Gasteiger partial charge in [-0.05, 0) is 39.2 Å². The number of esters is 1. The normalized spacial score (nSPS) is 26.5. The van der Waals surface area contributed by atoms with E-state index in [0.29, 0.717) is 12.5 Å². The van der Waals surface area contributed by atoms with Crippen molar-refractivity contribution in [3.05, 3.63) is 12.7 Å². The van der Waals surface area contributed by atoms with Gasteiger partial charge in [0.25, 0.3) is 0 Å². The highest BCUT2D eigenvalue weighted by atomic mass is 16.5. The lowest BCUT2D eigenvalue weighted by molar-refractivity contribution is -0.153. The van der Waals surface area contributed by atoms with E-state index in [0.717, 1.165) is 32.2 Å². The summed E-state index contributed by atoms with van der Waals surface area (Å²) in [6, 6.07) is 0. The van der Waals surface area contributed by atoms with Crippen LogP contribution >= 0.6 is 0 Å². The van der Waals surface area contributed by atoms with E-state index in [2.05, 4.69) is 15.4 Å². The molecule has 2 rings (SSSR count). The fourth-order valence-electron chi connectivity index (χ4n) is 3.06. The molecule has 0 amide bonds. The third kappa shape index (κ3) is 2.78. The summed E-state index contributed by atoms with van der Waals surface area (Å²) < 4.78 is 7.06. The highest BCUT2D eigenvalue weighted by Crippen LogP contribution is 2.39. The molecule has 1 aromatic heterocycles. The SMILES string of the molecule is CCOC(=O)C1(NC)CCCC1CCn1cncn1. The number of hydrogen-bond donors (Lipinski definition) is 1. The third-order valence-electron chi connectivity index (χ3n) is 4.08. The minimum atomic E-state index is -0.517. The van der Waals surface area contributed by atoms with Crippen LogP contribution in [0.25, 0.3) is 0 Å². The topological polar surface area (TPSA) is 69.0 Å². The Kier molecular flexibility index (Phi) is 4.52. The van der Waals surface area contributed by atoms with Gasteiger partial charge in [-0.1, -0.05) is 6.42 Å². The van der Waals surface area contributed by atoms with E-state index in [1.165, 1.54) is 6.33 Å². The number of carbonyl (C=O) groups excluding carboxylic acids is 1. The Balaban J connectivity index is 2.03. The van der Waals surface area contributed by atoms with Crippen LogP contribution < -0.4 is 5.32 Å². The Hall–Kier alpha value is -1.43. The van der Waals surface area contributed by atoms with Gasteiger partial charge in [0, 0.05) is 6.54 Å². The van der Waals surface area contributed by atoms with E-state index in [4.69, 9.17) is 4.74 Å². The summed E-state index contributed by atoms with van der Waals surface area (Å²) in [7, 11) is 1.85. The van der Waals surface area contributed by atoms with Crippen molar-refractivity contribution in [3.63, 3.8) is 0 Å². The summed E-state index contributed by atoms with van der Waals surface area (Å²) in [6.07, 6.45) is 7.11. The second-order valence-corrected chi connectivity index (χ2v) is 4.98. The zero-order chi connectivity index (χ0) is 13.7. The number of rotatable bonds is 6. The van der Waals surface area contributed by atoms with Crippen LogP contribution in [0.1, 0.15) is 32.6 Å². The molecular weight excluding hydrogens is 244 g/mol. The minimum Gasteiger partial charge on any atom is -0.465 e. The van der Waals surface area contributed by atoms with Crippen molar-refractivity contribution < 1.29 is 9.53 Å². The molecule has 1 N–H and O–H groups in total. The molecule has 0 saturated heterocycles. The maximum Gasteiger partial charge on any atom is 0.326 e. The van der Waals surface area contributed by atoms with Gasteiger partial charge >= 0.3 is 5.97 Å². The molecule has 1 saturated carbocycles. The highest BCUT2D eigenvalue weighted by Gasteiger charge is 2.48. The van der Waals surface area contributed by atoms with Crippen LogP contribution in [0.2, 0.25) is 0 Å². The average Bonchev–Trinajstić information content (AvgIpc) is 3.06. The number of likely N-dealkylation sites (N-methyl/N-ethyl adjacent to an activating group) is 1. The van der Waals surface area contributed by atoms with E-state index in [1.54, 1.807) is 6.33 Å². The molecule has 0 spiro atoms. The van der Waals surface area contributed by atoms with Gasteiger partial charge in [0.2, 0.25) is 0 Å². The number of hydrogen-bond acceptors (Lipinski definition) is 5. The Morgan fingerprint density at radius 1 is 1.63 bits per heavy atom. The molecule has 1 aliphatic carbocycles. The summed E-state index contributed by atoms with van der Waals surface area (Å²) in [5.41, 5.74) is -0.517. The molecule has 0 bridgehead atoms. The van der Waals surface area contributed by atoms with Crippen LogP contribution in [0.5, 0.6) is 0 Å². The second kappa shape index (κ2) is 6.14. The van der Waals surface area contributed by atoms with E-state index >= 15 is 0 Å². The van der Waals surface area contributed by atoms with Crippen molar-refractivity contribution in [3.8, 4) is 0 Å². The molecule has 0 radical (unpaired) electrons. The predicted molar refractivity (Wildman–Crippen MR) is 70.4 cm³/mol. The number of aromatic nitrogens is 3. The first-order chi connectivity index (χ1) is 9.23. The molecule has 1 fully saturated rings. The highest BCUT2D eigenvalue weighted by molar-refractivity contribution is 5.81. The van der Waals surface area contributed by atoms with Gasteiger partial charge in [-0.25, -0.2) is 4.98 Å². The Labute approximate surface area is 113 Å². The van der Waals surface area contributed by atoms with Crippen LogP contribution in [0.4, 0.5) is 0 Å². The molecule has 0 aliphatic heterocycles. The molecule has 1 heterocycles. The fourth-order valence-corrected chi connectivity index (χ4v) is 3.06. The first-order valence-corrected chi connectivity index (χ1v) is 6.91. The summed E-state index contributed by atoms with van der Waals surface area (Å²) >= 11 is 0. The molecule has 19 heavy (non-hydrogen) atoms. The van der Waals surface area contributed by atoms with Gasteiger partial charge in [-0.3, -0.25) is 9.48 Å². The number of aryl methyl sites for hydroxylation is 1. The summed E-state index contributed by atoms with van der Waals surface area (Å²) in [4.78, 5) is 16.2. The first kappa shape index (κ1) is 14.0. The van der Waals surface area contributed by atoms with Crippen molar-refractivity contribution in [2.24, 2.45) is 5.92 Å². The summed E-state index contributed by atoms with van der Waals surface area (Å²) in [6.45, 7) is 3.06. The van der Waals surface area contributed by atoms with Gasteiger partial charge in [0.05, 0.1) is 6.61 Å². The molecule has 2 unspecified atom stereocenters. The molecule has 0 aromatic carbocycles. The molecule has 6 nitrogen and oxygen atoms in total.